The molecule has 0 saturated carbocycles. The summed E-state index contributed by atoms with van der Waals surface area (Å²) in [7, 11) is 6.74. The van der Waals surface area contributed by atoms with Crippen molar-refractivity contribution in [1.82, 2.24) is 0 Å². The van der Waals surface area contributed by atoms with E-state index in [1.54, 1.807) is 0 Å². The highest BCUT2D eigenvalue weighted by Gasteiger charge is 2.29. The molecule has 0 bridgehead atoms. The fourth-order valence-electron chi connectivity index (χ4n) is 16.3. The Labute approximate surface area is 645 Å². The molecule has 0 amide bonds. The normalized spacial score (nSPS) is 20.9. The number of hydrogen-bond donors (Lipinski definition) is 0. The summed E-state index contributed by atoms with van der Waals surface area (Å²) in [4.78, 5) is 0. The van der Waals surface area contributed by atoms with Gasteiger partial charge in [-0.1, -0.05) is 107 Å². The maximum absolute atomic E-state index is 9.89. The Bertz CT molecular complexity index is 1410. The molecule has 8 aliphatic rings. The van der Waals surface area contributed by atoms with Crippen LogP contribution in [-0.4, -0.2) is 279 Å². The zero-order valence-corrected chi connectivity index (χ0v) is 71.9. The first-order chi connectivity index (χ1) is 49.1. The van der Waals surface area contributed by atoms with Crippen molar-refractivity contribution in [2.45, 2.75) is 312 Å². The van der Waals surface area contributed by atoms with Crippen molar-refractivity contribution in [3.05, 3.63) is 0 Å². The quantitative estimate of drug-likeness (QED) is 0.0519. The van der Waals surface area contributed by atoms with Gasteiger partial charge in [0.25, 0.3) is 0 Å². The number of halogens is 4. The Balaban J connectivity index is -0.000000533. The standard InChI is InChI=1S/8C10H22N.4BFO2/c8*1-3-4-8-11(2)9-6-5-7-10-11;4*2-1(3)4/h8*3-10H2,1-2H3;;;;/q8*+1;4*-2. The molecule has 0 aromatic heterocycles. The second-order valence-corrected chi connectivity index (χ2v) is 34.7. The highest BCUT2D eigenvalue weighted by molar-refractivity contribution is 6.27. The summed E-state index contributed by atoms with van der Waals surface area (Å²) >= 11 is 0. The highest BCUT2D eigenvalue weighted by Crippen LogP contribution is 2.23. The van der Waals surface area contributed by atoms with Gasteiger partial charge in [-0.2, -0.15) is 0 Å². The van der Waals surface area contributed by atoms with E-state index in [9.17, 15) is 17.3 Å². The number of unbranched alkanes of at least 4 members (excludes halogenated alkanes) is 8. The summed E-state index contributed by atoms with van der Waals surface area (Å²) in [6.07, 6.45) is 57.3. The van der Waals surface area contributed by atoms with Gasteiger partial charge in [0.1, 0.15) is 29.6 Å². The second-order valence-electron chi connectivity index (χ2n) is 34.7. The second kappa shape index (κ2) is 69.1. The van der Waals surface area contributed by atoms with E-state index in [1.807, 2.05) is 0 Å². The molecule has 0 atom stereocenters. The minimum Gasteiger partial charge on any atom is -0.867 e. The van der Waals surface area contributed by atoms with Crippen LogP contribution in [0.5, 0.6) is 0 Å². The molecule has 8 saturated heterocycles. The van der Waals surface area contributed by atoms with Gasteiger partial charge in [0.15, 0.2) is 0 Å². The Morgan fingerprint density at radius 1 is 0.173 bits per heavy atom. The monoisotopic (exact) mass is 1500 g/mol. The largest absolute Gasteiger partial charge is 0.867 e. The number of piperidine rings is 8. The smallest absolute Gasteiger partial charge is 0.121 e. The van der Waals surface area contributed by atoms with Gasteiger partial charge in [0.05, 0.1) is 213 Å². The Hall–Kier alpha value is -0.660. The van der Waals surface area contributed by atoms with E-state index in [0.29, 0.717) is 0 Å². The SMILES string of the molecule is CCCC[N+]1(C)CCCCC1.CCCC[N+]1(C)CCCCC1.CCCC[N+]1(C)CCCCC1.CCCC[N+]1(C)CCCCC1.CCCC[N+]1(C)CCCCC1.CCCC[N+]1(C)CCCCC1.CCCC[N+]1(C)CCCCC1.CCCC[N+]1(C)CCCCC1.[O-]B([O-])F.[O-]B([O-])F.[O-]B([O-])F.[O-]B([O-])F. The molecule has 624 valence electrons. The third-order valence-electron chi connectivity index (χ3n) is 23.6. The van der Waals surface area contributed by atoms with Crippen molar-refractivity contribution in [2.24, 2.45) is 0 Å². The van der Waals surface area contributed by atoms with E-state index in [2.05, 4.69) is 112 Å². The summed E-state index contributed by atoms with van der Waals surface area (Å²) in [5.41, 5.74) is 0. The predicted molar refractivity (Wildman–Crippen MR) is 424 cm³/mol. The lowest BCUT2D eigenvalue weighted by Crippen LogP contribution is -2.48. The molecular formula is C80H176B4F4N8O8. The van der Waals surface area contributed by atoms with Crippen molar-refractivity contribution in [1.29, 1.82) is 0 Å². The molecule has 0 unspecified atom stereocenters. The summed E-state index contributed by atoms with van der Waals surface area (Å²) in [6.45, 7) is 52.5. The van der Waals surface area contributed by atoms with Crippen molar-refractivity contribution in [3.8, 4) is 0 Å². The molecule has 0 spiro atoms. The molecule has 0 aromatic rings. The van der Waals surface area contributed by atoms with Crippen LogP contribution in [0.4, 0.5) is 17.3 Å². The summed E-state index contributed by atoms with van der Waals surface area (Å²) in [5, 5.41) is 66.4. The molecule has 8 aliphatic heterocycles. The number of likely N-dealkylation sites (tertiary alicyclic amines) is 8. The number of rotatable bonds is 24. The average Bonchev–Trinajstić information content (AvgIpc) is 0.976. The Kier molecular flexibility index (Phi) is 72.9. The van der Waals surface area contributed by atoms with Crippen molar-refractivity contribution in [2.75, 3.05) is 213 Å². The average molecular weight is 1500 g/mol. The van der Waals surface area contributed by atoms with E-state index >= 15 is 0 Å². The zero-order chi connectivity index (χ0) is 79.6. The molecule has 0 radical (unpaired) electrons. The van der Waals surface area contributed by atoms with Crippen molar-refractivity contribution in [3.63, 3.8) is 0 Å². The van der Waals surface area contributed by atoms with Gasteiger partial charge in [-0.05, 0) is 205 Å². The lowest BCUT2D eigenvalue weighted by molar-refractivity contribution is -0.914. The van der Waals surface area contributed by atoms with Gasteiger partial charge >= 0.3 is 0 Å². The fourth-order valence-corrected chi connectivity index (χ4v) is 16.3. The fraction of sp³-hybridized carbons (Fsp3) is 1.00. The van der Waals surface area contributed by atoms with E-state index in [1.165, 1.54) is 450 Å². The molecule has 0 aliphatic carbocycles. The number of quaternary nitrogens is 8. The number of hydrogen-bond acceptors (Lipinski definition) is 8. The van der Waals surface area contributed by atoms with Crippen LogP contribution >= 0.6 is 0 Å². The highest BCUT2D eigenvalue weighted by atomic mass is 19.1. The van der Waals surface area contributed by atoms with Crippen LogP contribution in [-0.2, 0) is 0 Å². The maximum Gasteiger partial charge on any atom is 0.121 e. The zero-order valence-electron chi connectivity index (χ0n) is 71.9. The first-order valence-corrected chi connectivity index (χ1v) is 43.6. The van der Waals surface area contributed by atoms with Crippen LogP contribution in [0.1, 0.15) is 312 Å². The Morgan fingerprint density at radius 3 is 0.298 bits per heavy atom. The van der Waals surface area contributed by atoms with Gasteiger partial charge in [-0.15, -0.1) is 0 Å². The van der Waals surface area contributed by atoms with Crippen LogP contribution in [0.15, 0.2) is 0 Å². The maximum atomic E-state index is 9.89. The first kappa shape index (κ1) is 110. The van der Waals surface area contributed by atoms with Crippen LogP contribution in [0, 0.1) is 0 Å². The van der Waals surface area contributed by atoms with E-state index in [4.69, 9.17) is 40.2 Å². The molecule has 8 rings (SSSR count). The summed E-state index contributed by atoms with van der Waals surface area (Å²) < 4.78 is 50.4. The summed E-state index contributed by atoms with van der Waals surface area (Å²) in [5.74, 6) is 0. The molecule has 0 aromatic carbocycles. The molecule has 24 heteroatoms. The van der Waals surface area contributed by atoms with Gasteiger partial charge in [0.2, 0.25) is 0 Å². The lowest BCUT2D eigenvalue weighted by atomic mass is 10.1. The van der Waals surface area contributed by atoms with Crippen LogP contribution in [0.25, 0.3) is 0 Å². The van der Waals surface area contributed by atoms with Gasteiger partial charge in [-0.3, -0.25) is 0 Å². The minimum absolute atomic E-state index is 1.36. The third kappa shape index (κ3) is 71.6. The third-order valence-corrected chi connectivity index (χ3v) is 23.6. The van der Waals surface area contributed by atoms with Crippen molar-refractivity contribution >= 4 is 29.6 Å². The lowest BCUT2D eigenvalue weighted by Gasteiger charge is -2.37. The topological polar surface area (TPSA) is 184 Å². The summed E-state index contributed by atoms with van der Waals surface area (Å²) in [6, 6.07) is 0. The first-order valence-electron chi connectivity index (χ1n) is 43.6. The van der Waals surface area contributed by atoms with Gasteiger partial charge < -0.3 is 93.3 Å². The minimum atomic E-state index is -3.17. The molecule has 8 heterocycles. The predicted octanol–water partition coefficient (Wildman–Crippen LogP) is 9.98. The van der Waals surface area contributed by atoms with E-state index in [0.717, 1.165) is 0 Å². The van der Waals surface area contributed by atoms with Crippen LogP contribution in [0.3, 0.4) is 0 Å². The number of nitrogens with zero attached hydrogens (tertiary/aromatic N) is 8. The molecule has 8 fully saturated rings. The Morgan fingerprint density at radius 2 is 0.240 bits per heavy atom. The van der Waals surface area contributed by atoms with Crippen molar-refractivity contribution < 1.29 is 93.3 Å². The molecule has 16 nitrogen and oxygen atoms in total. The molecule has 104 heavy (non-hydrogen) atoms. The van der Waals surface area contributed by atoms with Gasteiger partial charge in [0, 0.05) is 0 Å². The van der Waals surface area contributed by atoms with Crippen LogP contribution < -0.4 is 40.2 Å². The van der Waals surface area contributed by atoms with E-state index < -0.39 is 29.6 Å². The molecule has 0 N–H and O–H groups in total. The van der Waals surface area contributed by atoms with E-state index in [-0.39, 0.29) is 0 Å². The van der Waals surface area contributed by atoms with Gasteiger partial charge in [-0.25, -0.2) is 0 Å². The molecular weight excluding hydrogens is 1320 g/mol. The van der Waals surface area contributed by atoms with Crippen LogP contribution in [0.2, 0.25) is 0 Å².